The summed E-state index contributed by atoms with van der Waals surface area (Å²) < 4.78 is 5.38. The summed E-state index contributed by atoms with van der Waals surface area (Å²) >= 11 is 0. The highest BCUT2D eigenvalue weighted by Crippen LogP contribution is 2.16. The molecule has 1 unspecified atom stereocenters. The Hall–Kier alpha value is -1.43. The Morgan fingerprint density at radius 1 is 1.58 bits per heavy atom. The van der Waals surface area contributed by atoms with E-state index < -0.39 is 0 Å². The number of benzene rings is 1. The summed E-state index contributed by atoms with van der Waals surface area (Å²) in [4.78, 5) is 2.24. The molecule has 1 aromatic carbocycles. The van der Waals surface area contributed by atoms with E-state index >= 15 is 0 Å². The molecular formula is C14H21N3O2. The van der Waals surface area contributed by atoms with Crippen molar-refractivity contribution in [2.45, 2.75) is 19.5 Å². The van der Waals surface area contributed by atoms with Crippen LogP contribution in [-0.4, -0.2) is 48.2 Å². The second-order valence-corrected chi connectivity index (χ2v) is 4.94. The maximum absolute atomic E-state index is 9.36. The molecule has 104 valence electrons. The number of aliphatic hydroxyl groups is 1. The zero-order valence-corrected chi connectivity index (χ0v) is 11.2. The quantitative estimate of drug-likeness (QED) is 0.545. The molecule has 1 aliphatic heterocycles. The van der Waals surface area contributed by atoms with Crippen molar-refractivity contribution in [1.29, 1.82) is 5.41 Å². The number of hydrogen-bond donors (Lipinski definition) is 3. The second-order valence-electron chi connectivity index (χ2n) is 4.94. The number of aryl methyl sites for hydroxylation is 1. The van der Waals surface area contributed by atoms with Gasteiger partial charge in [0.1, 0.15) is 5.84 Å². The largest absolute Gasteiger partial charge is 0.395 e. The first-order valence-electron chi connectivity index (χ1n) is 6.48. The van der Waals surface area contributed by atoms with Crippen LogP contribution in [0.15, 0.2) is 18.2 Å². The number of nitrogens with two attached hydrogens (primary N) is 1. The lowest BCUT2D eigenvalue weighted by Gasteiger charge is -2.34. The van der Waals surface area contributed by atoms with Gasteiger partial charge >= 0.3 is 0 Å². The van der Waals surface area contributed by atoms with Crippen LogP contribution >= 0.6 is 0 Å². The molecule has 1 heterocycles. The topological polar surface area (TPSA) is 82.6 Å². The highest BCUT2D eigenvalue weighted by molar-refractivity contribution is 5.95. The van der Waals surface area contributed by atoms with E-state index in [1.165, 1.54) is 5.56 Å². The first-order valence-corrected chi connectivity index (χ1v) is 6.48. The van der Waals surface area contributed by atoms with Gasteiger partial charge in [-0.25, -0.2) is 0 Å². The van der Waals surface area contributed by atoms with Crippen LogP contribution in [-0.2, 0) is 11.3 Å². The third-order valence-electron chi connectivity index (χ3n) is 3.59. The van der Waals surface area contributed by atoms with Gasteiger partial charge in [-0.1, -0.05) is 12.1 Å². The number of nitrogens with one attached hydrogen (secondary N) is 1. The molecule has 0 saturated carbocycles. The van der Waals surface area contributed by atoms with Gasteiger partial charge in [0, 0.05) is 18.7 Å². The maximum atomic E-state index is 9.36. The van der Waals surface area contributed by atoms with Crippen LogP contribution in [0.3, 0.4) is 0 Å². The Balaban J connectivity index is 2.11. The minimum absolute atomic E-state index is 0.0700. The van der Waals surface area contributed by atoms with Crippen molar-refractivity contribution in [3.63, 3.8) is 0 Å². The minimum atomic E-state index is 0.0700. The Morgan fingerprint density at radius 3 is 3.00 bits per heavy atom. The van der Waals surface area contributed by atoms with Gasteiger partial charge < -0.3 is 15.6 Å². The summed E-state index contributed by atoms with van der Waals surface area (Å²) in [6, 6.07) is 5.89. The van der Waals surface area contributed by atoms with Gasteiger partial charge in [0.25, 0.3) is 0 Å². The minimum Gasteiger partial charge on any atom is -0.395 e. The Labute approximate surface area is 113 Å². The molecule has 5 nitrogen and oxygen atoms in total. The Kier molecular flexibility index (Phi) is 4.52. The third-order valence-corrected chi connectivity index (χ3v) is 3.59. The highest BCUT2D eigenvalue weighted by atomic mass is 16.5. The average Bonchev–Trinajstić information content (AvgIpc) is 2.41. The lowest BCUT2D eigenvalue weighted by Crippen LogP contribution is -2.46. The van der Waals surface area contributed by atoms with Crippen LogP contribution in [0.25, 0.3) is 0 Å². The van der Waals surface area contributed by atoms with Gasteiger partial charge in [0.2, 0.25) is 0 Å². The van der Waals surface area contributed by atoms with Crippen LogP contribution in [0.5, 0.6) is 0 Å². The SMILES string of the molecule is Cc1cc(C(=N)N)ccc1CN1CCOCC1CO. The first kappa shape index (κ1) is 14.0. The lowest BCUT2D eigenvalue weighted by molar-refractivity contribution is -0.0313. The molecule has 0 aliphatic carbocycles. The number of amidine groups is 1. The number of aliphatic hydroxyl groups excluding tert-OH is 1. The summed E-state index contributed by atoms with van der Waals surface area (Å²) in [7, 11) is 0. The number of rotatable bonds is 4. The van der Waals surface area contributed by atoms with Gasteiger partial charge in [-0.3, -0.25) is 10.3 Å². The smallest absolute Gasteiger partial charge is 0.122 e. The van der Waals surface area contributed by atoms with Gasteiger partial charge in [0.05, 0.1) is 25.9 Å². The predicted octanol–water partition coefficient (Wildman–Crippen LogP) is 0.472. The van der Waals surface area contributed by atoms with Crippen LogP contribution in [0.2, 0.25) is 0 Å². The summed E-state index contributed by atoms with van der Waals surface area (Å²) in [6.07, 6.45) is 0. The van der Waals surface area contributed by atoms with Crippen LogP contribution in [0.4, 0.5) is 0 Å². The van der Waals surface area contributed by atoms with Crippen molar-refractivity contribution in [3.05, 3.63) is 34.9 Å². The molecule has 19 heavy (non-hydrogen) atoms. The lowest BCUT2D eigenvalue weighted by atomic mass is 10.0. The van der Waals surface area contributed by atoms with Crippen molar-refractivity contribution in [1.82, 2.24) is 4.90 Å². The van der Waals surface area contributed by atoms with Crippen LogP contribution in [0, 0.1) is 12.3 Å². The van der Waals surface area contributed by atoms with Gasteiger partial charge in [-0.2, -0.15) is 0 Å². The van der Waals surface area contributed by atoms with E-state index in [-0.39, 0.29) is 18.5 Å². The van der Waals surface area contributed by atoms with Crippen LogP contribution in [0.1, 0.15) is 16.7 Å². The van der Waals surface area contributed by atoms with Crippen molar-refractivity contribution in [2.75, 3.05) is 26.4 Å². The number of morpholine rings is 1. The van der Waals surface area contributed by atoms with Crippen molar-refractivity contribution < 1.29 is 9.84 Å². The summed E-state index contributed by atoms with van der Waals surface area (Å²) in [6.45, 7) is 5.06. The van der Waals surface area contributed by atoms with E-state index in [4.69, 9.17) is 15.9 Å². The fourth-order valence-corrected chi connectivity index (χ4v) is 2.33. The number of nitrogen functional groups attached to an aromatic ring is 1. The molecule has 0 radical (unpaired) electrons. The van der Waals surface area contributed by atoms with Crippen molar-refractivity contribution in [3.8, 4) is 0 Å². The first-order chi connectivity index (χ1) is 9.11. The molecule has 0 spiro atoms. The molecule has 1 aromatic rings. The number of hydrogen-bond acceptors (Lipinski definition) is 4. The Morgan fingerprint density at radius 2 is 2.37 bits per heavy atom. The zero-order chi connectivity index (χ0) is 13.8. The normalized spacial score (nSPS) is 20.4. The fourth-order valence-electron chi connectivity index (χ4n) is 2.33. The van der Waals surface area contributed by atoms with E-state index in [0.717, 1.165) is 24.2 Å². The summed E-state index contributed by atoms with van der Waals surface area (Å²) in [5.74, 6) is 0.0919. The van der Waals surface area contributed by atoms with Crippen molar-refractivity contribution in [2.24, 2.45) is 5.73 Å². The molecular weight excluding hydrogens is 242 g/mol. The molecule has 1 fully saturated rings. The Bertz CT molecular complexity index is 462. The average molecular weight is 263 g/mol. The fraction of sp³-hybridized carbons (Fsp3) is 0.500. The molecule has 4 N–H and O–H groups in total. The van der Waals surface area contributed by atoms with E-state index in [2.05, 4.69) is 4.90 Å². The molecule has 2 rings (SSSR count). The molecule has 0 amide bonds. The molecule has 1 atom stereocenters. The molecule has 1 saturated heterocycles. The van der Waals surface area contributed by atoms with Gasteiger partial charge in [0.15, 0.2) is 0 Å². The second kappa shape index (κ2) is 6.14. The van der Waals surface area contributed by atoms with E-state index in [1.807, 2.05) is 25.1 Å². The van der Waals surface area contributed by atoms with E-state index in [1.54, 1.807) is 0 Å². The van der Waals surface area contributed by atoms with E-state index in [9.17, 15) is 5.11 Å². The zero-order valence-electron chi connectivity index (χ0n) is 11.2. The predicted molar refractivity (Wildman–Crippen MR) is 74.3 cm³/mol. The third kappa shape index (κ3) is 3.32. The molecule has 0 bridgehead atoms. The number of nitrogens with zero attached hydrogens (tertiary/aromatic N) is 1. The molecule has 0 aromatic heterocycles. The van der Waals surface area contributed by atoms with Crippen molar-refractivity contribution >= 4 is 5.84 Å². The summed E-state index contributed by atoms with van der Waals surface area (Å²) in [5, 5.41) is 16.8. The standard InChI is InChI=1S/C14H21N3O2/c1-10-6-11(14(15)16)2-3-12(10)7-17-4-5-19-9-13(17)8-18/h2-3,6,13,18H,4-5,7-9H2,1H3,(H3,15,16). The van der Waals surface area contributed by atoms with Gasteiger partial charge in [-0.15, -0.1) is 0 Å². The molecule has 5 heteroatoms. The maximum Gasteiger partial charge on any atom is 0.122 e. The monoisotopic (exact) mass is 263 g/mol. The van der Waals surface area contributed by atoms with E-state index in [0.29, 0.717) is 13.2 Å². The van der Waals surface area contributed by atoms with Gasteiger partial charge in [-0.05, 0) is 24.1 Å². The van der Waals surface area contributed by atoms with Crippen LogP contribution < -0.4 is 5.73 Å². The molecule has 1 aliphatic rings. The summed E-state index contributed by atoms with van der Waals surface area (Å²) in [5.41, 5.74) is 8.56. The number of ether oxygens (including phenoxy) is 1. The highest BCUT2D eigenvalue weighted by Gasteiger charge is 2.22.